The van der Waals surface area contributed by atoms with E-state index >= 15 is 0 Å². The Labute approximate surface area is 155 Å². The molecule has 1 fully saturated rings. The Morgan fingerprint density at radius 2 is 1.07 bits per heavy atom. The summed E-state index contributed by atoms with van der Waals surface area (Å²) in [5.74, 6) is -4.22. The molecule has 0 aromatic rings. The van der Waals surface area contributed by atoms with E-state index in [-0.39, 0.29) is 24.0 Å². The molecule has 9 nitrogen and oxygen atoms in total. The quantitative estimate of drug-likeness (QED) is 0.380. The summed E-state index contributed by atoms with van der Waals surface area (Å²) in [4.78, 5) is 48.9. The molecule has 2 heterocycles. The number of ether oxygens (including phenoxy) is 5. The third-order valence-corrected chi connectivity index (χ3v) is 5.34. The lowest BCUT2D eigenvalue weighted by atomic mass is 9.70. The molecule has 0 amide bonds. The van der Waals surface area contributed by atoms with Crippen LogP contribution in [-0.4, -0.2) is 64.5 Å². The summed E-state index contributed by atoms with van der Waals surface area (Å²) in [7, 11) is 4.90. The summed E-state index contributed by atoms with van der Waals surface area (Å²) in [5, 5.41) is 0. The van der Waals surface area contributed by atoms with E-state index in [4.69, 9.17) is 23.7 Å². The zero-order valence-electron chi connectivity index (χ0n) is 15.4. The molecular formula is C18H20O9. The number of hydrogen-bond donors (Lipinski definition) is 0. The largest absolute Gasteiger partial charge is 0.469 e. The lowest BCUT2D eigenvalue weighted by Crippen LogP contribution is -2.42. The second kappa shape index (κ2) is 7.15. The van der Waals surface area contributed by atoms with Crippen LogP contribution in [0.5, 0.6) is 0 Å². The molecule has 1 aliphatic carbocycles. The first-order chi connectivity index (χ1) is 12.9. The topological polar surface area (TPSA) is 114 Å². The first-order valence-electron chi connectivity index (χ1n) is 8.31. The van der Waals surface area contributed by atoms with E-state index in [1.807, 2.05) is 0 Å². The monoisotopic (exact) mass is 380 g/mol. The van der Waals surface area contributed by atoms with E-state index in [0.29, 0.717) is 11.1 Å². The maximum absolute atomic E-state index is 12.3. The van der Waals surface area contributed by atoms with Gasteiger partial charge in [0.25, 0.3) is 0 Å². The Kier molecular flexibility index (Phi) is 5.05. The van der Waals surface area contributed by atoms with Crippen molar-refractivity contribution in [2.75, 3.05) is 28.4 Å². The number of carbonyl (C=O) groups excluding carboxylic acids is 4. The molecule has 0 unspecified atom stereocenters. The number of fused-ring (bicyclic) bond motifs is 4. The van der Waals surface area contributed by atoms with Crippen molar-refractivity contribution >= 4 is 23.9 Å². The minimum atomic E-state index is -0.871. The van der Waals surface area contributed by atoms with E-state index < -0.39 is 47.9 Å². The molecule has 1 saturated heterocycles. The molecule has 0 aromatic carbocycles. The van der Waals surface area contributed by atoms with Gasteiger partial charge in [0.05, 0.1) is 51.8 Å². The number of esters is 4. The highest BCUT2D eigenvalue weighted by molar-refractivity contribution is 6.02. The van der Waals surface area contributed by atoms with Crippen molar-refractivity contribution in [3.8, 4) is 0 Å². The van der Waals surface area contributed by atoms with Crippen LogP contribution in [0.4, 0.5) is 0 Å². The van der Waals surface area contributed by atoms with Gasteiger partial charge in [-0.3, -0.25) is 9.59 Å². The minimum absolute atomic E-state index is 0.0784. The molecule has 0 spiro atoms. The van der Waals surface area contributed by atoms with Crippen molar-refractivity contribution in [2.45, 2.75) is 25.0 Å². The predicted octanol–water partition coefficient (Wildman–Crippen LogP) is 0.0788. The molecule has 2 bridgehead atoms. The van der Waals surface area contributed by atoms with Gasteiger partial charge in [0, 0.05) is 12.8 Å². The molecule has 3 rings (SSSR count). The number of rotatable bonds is 4. The Morgan fingerprint density at radius 3 is 1.37 bits per heavy atom. The number of carbonyl (C=O) groups is 4. The highest BCUT2D eigenvalue weighted by atomic mass is 16.6. The fraction of sp³-hybridized carbons (Fsp3) is 0.556. The number of methoxy groups -OCH3 is 4. The molecule has 0 N–H and O–H groups in total. The maximum Gasteiger partial charge on any atom is 0.334 e. The van der Waals surface area contributed by atoms with Crippen molar-refractivity contribution in [1.82, 2.24) is 0 Å². The summed E-state index contributed by atoms with van der Waals surface area (Å²) in [6.45, 7) is 0. The Morgan fingerprint density at radius 1 is 0.704 bits per heavy atom. The van der Waals surface area contributed by atoms with Crippen LogP contribution in [-0.2, 0) is 42.9 Å². The second-order valence-corrected chi connectivity index (χ2v) is 6.42. The van der Waals surface area contributed by atoms with E-state index in [1.54, 1.807) is 0 Å². The Hall–Kier alpha value is -2.68. The van der Waals surface area contributed by atoms with Crippen molar-refractivity contribution in [2.24, 2.45) is 11.8 Å². The smallest absolute Gasteiger partial charge is 0.334 e. The fourth-order valence-electron chi connectivity index (χ4n) is 4.14. The van der Waals surface area contributed by atoms with Gasteiger partial charge in [-0.05, 0) is 11.1 Å². The lowest BCUT2D eigenvalue weighted by molar-refractivity contribution is -0.156. The third kappa shape index (κ3) is 2.82. The van der Waals surface area contributed by atoms with Crippen LogP contribution in [0.1, 0.15) is 12.8 Å². The van der Waals surface area contributed by atoms with Gasteiger partial charge in [0.15, 0.2) is 0 Å². The van der Waals surface area contributed by atoms with Crippen LogP contribution < -0.4 is 0 Å². The van der Waals surface area contributed by atoms with Crippen molar-refractivity contribution in [3.63, 3.8) is 0 Å². The average molecular weight is 380 g/mol. The van der Waals surface area contributed by atoms with Crippen LogP contribution >= 0.6 is 0 Å². The molecule has 0 radical (unpaired) electrons. The summed E-state index contributed by atoms with van der Waals surface area (Å²) in [5.41, 5.74) is 1.72. The minimum Gasteiger partial charge on any atom is -0.469 e. The zero-order chi connectivity index (χ0) is 19.9. The van der Waals surface area contributed by atoms with Gasteiger partial charge in [-0.1, -0.05) is 0 Å². The van der Waals surface area contributed by atoms with E-state index in [9.17, 15) is 19.2 Å². The molecule has 0 aromatic heterocycles. The summed E-state index contributed by atoms with van der Waals surface area (Å²) >= 11 is 0. The highest BCUT2D eigenvalue weighted by Gasteiger charge is 2.61. The van der Waals surface area contributed by atoms with Gasteiger partial charge in [0.2, 0.25) is 0 Å². The highest BCUT2D eigenvalue weighted by Crippen LogP contribution is 2.53. The van der Waals surface area contributed by atoms with Crippen LogP contribution in [0.3, 0.4) is 0 Å². The van der Waals surface area contributed by atoms with Gasteiger partial charge >= 0.3 is 23.9 Å². The van der Waals surface area contributed by atoms with Gasteiger partial charge in [-0.15, -0.1) is 0 Å². The van der Waals surface area contributed by atoms with Gasteiger partial charge in [-0.25, -0.2) is 9.59 Å². The van der Waals surface area contributed by atoms with Crippen LogP contribution in [0.15, 0.2) is 22.3 Å². The molecule has 4 atom stereocenters. The first kappa shape index (κ1) is 19.1. The van der Waals surface area contributed by atoms with Crippen molar-refractivity contribution < 1.29 is 42.9 Å². The predicted molar refractivity (Wildman–Crippen MR) is 87.0 cm³/mol. The zero-order valence-corrected chi connectivity index (χ0v) is 15.4. The summed E-state index contributed by atoms with van der Waals surface area (Å²) < 4.78 is 25.1. The van der Waals surface area contributed by atoms with Crippen LogP contribution in [0, 0.1) is 11.8 Å². The van der Waals surface area contributed by atoms with Crippen molar-refractivity contribution in [1.29, 1.82) is 0 Å². The summed E-state index contributed by atoms with van der Waals surface area (Å²) in [6.07, 6.45) is -1.29. The Balaban J connectivity index is 2.02. The van der Waals surface area contributed by atoms with Crippen LogP contribution in [0.2, 0.25) is 0 Å². The van der Waals surface area contributed by atoms with Gasteiger partial charge in [-0.2, -0.15) is 0 Å². The normalized spacial score (nSPS) is 28.6. The molecule has 9 heteroatoms. The summed E-state index contributed by atoms with van der Waals surface area (Å²) in [6, 6.07) is 0. The lowest BCUT2D eigenvalue weighted by Gasteiger charge is -2.31. The Bertz CT molecular complexity index is 714. The van der Waals surface area contributed by atoms with Gasteiger partial charge < -0.3 is 23.7 Å². The molecule has 0 saturated carbocycles. The third-order valence-electron chi connectivity index (χ3n) is 5.34. The van der Waals surface area contributed by atoms with E-state index in [1.165, 1.54) is 28.4 Å². The first-order valence-corrected chi connectivity index (χ1v) is 8.31. The standard InChI is InChI=1S/C18H20O9/c1-23-15(19)9-5-7-8(6-10(9)16(20)24-2)14-12(18(22)26-4)11(13(7)27-14)17(21)25-3/h11-14H,5-6H2,1-4H3/t11-,12+,13-,14+. The van der Waals surface area contributed by atoms with Gasteiger partial charge in [0.1, 0.15) is 11.8 Å². The van der Waals surface area contributed by atoms with Crippen molar-refractivity contribution in [3.05, 3.63) is 22.3 Å². The second-order valence-electron chi connectivity index (χ2n) is 6.42. The molecule has 3 aliphatic rings. The van der Waals surface area contributed by atoms with Crippen LogP contribution in [0.25, 0.3) is 0 Å². The average Bonchev–Trinajstić information content (AvgIpc) is 3.26. The SMILES string of the molecule is COC(=O)C1=C(C(=O)OC)CC2=C(C1)[C@H]1O[C@@H]2[C@@H](C(=O)OC)[C@H]1C(=O)OC. The molecular weight excluding hydrogens is 360 g/mol. The van der Waals surface area contributed by atoms with E-state index in [0.717, 1.165) is 0 Å². The molecule has 2 aliphatic heterocycles. The molecule has 27 heavy (non-hydrogen) atoms. The van der Waals surface area contributed by atoms with E-state index in [2.05, 4.69) is 0 Å². The fourth-order valence-corrected chi connectivity index (χ4v) is 4.14. The number of hydrogen-bond acceptors (Lipinski definition) is 9. The maximum atomic E-state index is 12.3. The molecule has 146 valence electrons.